The summed E-state index contributed by atoms with van der Waals surface area (Å²) in [5.41, 5.74) is 12.4. The molecule has 0 amide bonds. The van der Waals surface area contributed by atoms with Gasteiger partial charge in [-0.2, -0.15) is 0 Å². The fraction of sp³-hybridized carbons (Fsp3) is 0.0169. The number of fused-ring (bicyclic) bond motifs is 9. The molecular weight excluding hydrogens is 709 g/mol. The van der Waals surface area contributed by atoms with Gasteiger partial charge in [-0.15, -0.1) is 0 Å². The lowest BCUT2D eigenvalue weighted by atomic mass is 9.66. The van der Waals surface area contributed by atoms with Crippen LogP contribution >= 0.6 is 0 Å². The van der Waals surface area contributed by atoms with Crippen molar-refractivity contribution in [2.24, 2.45) is 0 Å². The summed E-state index contributed by atoms with van der Waals surface area (Å²) in [7, 11) is 0. The molecule has 0 heterocycles. The summed E-state index contributed by atoms with van der Waals surface area (Å²) in [5, 5.41) is 15.6. The second-order valence-corrected chi connectivity index (χ2v) is 16.3. The van der Waals surface area contributed by atoms with E-state index in [2.05, 4.69) is 218 Å². The van der Waals surface area contributed by atoms with Crippen molar-refractivity contribution in [1.29, 1.82) is 0 Å². The summed E-state index contributed by atoms with van der Waals surface area (Å²) in [6, 6.07) is 82.0. The van der Waals surface area contributed by atoms with Gasteiger partial charge in [-0.25, -0.2) is 0 Å². The highest BCUT2D eigenvalue weighted by atomic mass is 14.5. The van der Waals surface area contributed by atoms with E-state index in [0.29, 0.717) is 0 Å². The van der Waals surface area contributed by atoms with Crippen LogP contribution in [0.5, 0.6) is 0 Å². The molecule has 0 fully saturated rings. The smallest absolute Gasteiger partial charge is 0.0622 e. The van der Waals surface area contributed by atoms with Crippen LogP contribution in [0.15, 0.2) is 218 Å². The number of hydrogen-bond acceptors (Lipinski definition) is 0. The third kappa shape index (κ3) is 4.49. The van der Waals surface area contributed by atoms with Crippen LogP contribution < -0.4 is 0 Å². The Morgan fingerprint density at radius 3 is 1.49 bits per heavy atom. The molecule has 1 aliphatic rings. The molecule has 13 rings (SSSR count). The SMILES string of the molecule is c1ccc(C2(c3ccccc3)c3ccc(-c4ccc5cc(-c6ccc7ccc8cccc9ccc6c7c89)ccc5c4)cc3-c3c2c2ccccc2c2ccccc32)cc1. The first-order chi connectivity index (χ1) is 29.3. The van der Waals surface area contributed by atoms with Crippen LogP contribution in [-0.2, 0) is 5.41 Å². The van der Waals surface area contributed by atoms with Crippen LogP contribution in [0.1, 0.15) is 22.3 Å². The maximum absolute atomic E-state index is 2.48. The van der Waals surface area contributed by atoms with Crippen LogP contribution in [0.25, 0.3) is 98.0 Å². The van der Waals surface area contributed by atoms with Gasteiger partial charge in [0.1, 0.15) is 0 Å². The lowest BCUT2D eigenvalue weighted by molar-refractivity contribution is 0.776. The van der Waals surface area contributed by atoms with Gasteiger partial charge in [0.2, 0.25) is 0 Å². The van der Waals surface area contributed by atoms with Gasteiger partial charge in [0.25, 0.3) is 0 Å². The van der Waals surface area contributed by atoms with Crippen LogP contribution in [0.2, 0.25) is 0 Å². The third-order valence-corrected chi connectivity index (χ3v) is 13.4. The minimum atomic E-state index is -0.500. The van der Waals surface area contributed by atoms with E-state index in [9.17, 15) is 0 Å². The molecule has 0 heteroatoms. The molecule has 12 aromatic rings. The Kier molecular flexibility index (Phi) is 6.74. The van der Waals surface area contributed by atoms with Gasteiger partial charge in [0.05, 0.1) is 5.41 Å². The first-order valence-electron chi connectivity index (χ1n) is 20.7. The lowest BCUT2D eigenvalue weighted by Crippen LogP contribution is -2.28. The quantitative estimate of drug-likeness (QED) is 0.157. The highest BCUT2D eigenvalue weighted by Crippen LogP contribution is 2.60. The van der Waals surface area contributed by atoms with Crippen molar-refractivity contribution in [3.05, 3.63) is 241 Å². The van der Waals surface area contributed by atoms with Crippen LogP contribution in [0, 0.1) is 0 Å². The second-order valence-electron chi connectivity index (χ2n) is 16.3. The first-order valence-corrected chi connectivity index (χ1v) is 20.7. The molecule has 12 aromatic carbocycles. The molecule has 0 unspecified atom stereocenters. The van der Waals surface area contributed by atoms with Crippen LogP contribution in [0.4, 0.5) is 0 Å². The molecule has 0 N–H and O–H groups in total. The lowest BCUT2D eigenvalue weighted by Gasteiger charge is -2.35. The summed E-state index contributed by atoms with van der Waals surface area (Å²) in [6.45, 7) is 0. The fourth-order valence-electron chi connectivity index (χ4n) is 10.9. The molecule has 0 radical (unpaired) electrons. The predicted molar refractivity (Wildman–Crippen MR) is 251 cm³/mol. The molecule has 0 atom stereocenters. The molecule has 0 spiro atoms. The summed E-state index contributed by atoms with van der Waals surface area (Å²) in [4.78, 5) is 0. The van der Waals surface area contributed by atoms with Gasteiger partial charge in [-0.1, -0.05) is 200 Å². The molecule has 0 saturated carbocycles. The molecule has 59 heavy (non-hydrogen) atoms. The Morgan fingerprint density at radius 1 is 0.271 bits per heavy atom. The molecule has 0 saturated heterocycles. The standard InChI is InChI=1S/C59H36/c1-3-14-45(15-4-1)59(46-16-5-2-6-17-46)54-33-30-43(36-53(54)57-50-20-9-7-18-48(50)49-19-8-10-21-52(49)58(57)59)41-24-25-42-35-44(27-26-40(42)34-41)47-31-28-39-23-22-37-12-11-13-38-29-32-51(47)56(39)55(37)38/h1-36H. The van der Waals surface area contributed by atoms with Gasteiger partial charge < -0.3 is 0 Å². The summed E-state index contributed by atoms with van der Waals surface area (Å²) < 4.78 is 0. The van der Waals surface area contributed by atoms with Crippen molar-refractivity contribution in [2.45, 2.75) is 5.41 Å². The molecule has 0 aliphatic heterocycles. The van der Waals surface area contributed by atoms with E-state index in [4.69, 9.17) is 0 Å². The molecule has 0 nitrogen and oxygen atoms in total. The third-order valence-electron chi connectivity index (χ3n) is 13.4. The maximum Gasteiger partial charge on any atom is 0.0719 e. The number of hydrogen-bond donors (Lipinski definition) is 0. The largest absolute Gasteiger partial charge is 0.0719 e. The van der Waals surface area contributed by atoms with Crippen molar-refractivity contribution in [3.8, 4) is 33.4 Å². The van der Waals surface area contributed by atoms with E-state index < -0.39 is 5.41 Å². The zero-order valence-electron chi connectivity index (χ0n) is 32.3. The monoisotopic (exact) mass is 744 g/mol. The van der Waals surface area contributed by atoms with E-state index in [0.717, 1.165) is 0 Å². The average Bonchev–Trinajstić information content (AvgIpc) is 3.63. The Hall–Kier alpha value is -7.54. The van der Waals surface area contributed by atoms with Crippen LogP contribution in [-0.4, -0.2) is 0 Å². The summed E-state index contributed by atoms with van der Waals surface area (Å²) in [5.74, 6) is 0. The Balaban J connectivity index is 1.01. The van der Waals surface area contributed by atoms with E-state index >= 15 is 0 Å². The van der Waals surface area contributed by atoms with Crippen molar-refractivity contribution in [3.63, 3.8) is 0 Å². The summed E-state index contributed by atoms with van der Waals surface area (Å²) in [6.07, 6.45) is 0. The van der Waals surface area contributed by atoms with E-state index in [-0.39, 0.29) is 0 Å². The molecule has 1 aliphatic carbocycles. The van der Waals surface area contributed by atoms with Gasteiger partial charge in [0, 0.05) is 0 Å². The maximum atomic E-state index is 2.48. The van der Waals surface area contributed by atoms with Gasteiger partial charge in [-0.05, 0) is 138 Å². The first kappa shape index (κ1) is 32.5. The predicted octanol–water partition coefficient (Wildman–Crippen LogP) is 15.7. The zero-order chi connectivity index (χ0) is 38.7. The van der Waals surface area contributed by atoms with Crippen molar-refractivity contribution < 1.29 is 0 Å². The molecule has 0 bridgehead atoms. The van der Waals surface area contributed by atoms with E-state index in [1.54, 1.807) is 0 Å². The fourth-order valence-corrected chi connectivity index (χ4v) is 10.9. The van der Waals surface area contributed by atoms with E-state index in [1.165, 1.54) is 120 Å². The highest BCUT2D eigenvalue weighted by Gasteiger charge is 2.48. The molecular formula is C59H36. The van der Waals surface area contributed by atoms with Crippen molar-refractivity contribution in [1.82, 2.24) is 0 Å². The van der Waals surface area contributed by atoms with Gasteiger partial charge >= 0.3 is 0 Å². The number of benzene rings is 12. The van der Waals surface area contributed by atoms with Crippen LogP contribution in [0.3, 0.4) is 0 Å². The average molecular weight is 745 g/mol. The zero-order valence-corrected chi connectivity index (χ0v) is 32.3. The van der Waals surface area contributed by atoms with Crippen molar-refractivity contribution >= 4 is 64.6 Å². The normalized spacial score (nSPS) is 13.2. The Bertz CT molecular complexity index is 3590. The minimum absolute atomic E-state index is 0.500. The van der Waals surface area contributed by atoms with E-state index in [1.807, 2.05) is 0 Å². The van der Waals surface area contributed by atoms with Gasteiger partial charge in [-0.3, -0.25) is 0 Å². The molecule has 272 valence electrons. The highest BCUT2D eigenvalue weighted by molar-refractivity contribution is 6.25. The second kappa shape index (κ2) is 12.2. The molecule has 0 aromatic heterocycles. The minimum Gasteiger partial charge on any atom is -0.0622 e. The summed E-state index contributed by atoms with van der Waals surface area (Å²) >= 11 is 0. The van der Waals surface area contributed by atoms with Gasteiger partial charge in [0.15, 0.2) is 0 Å². The Labute approximate surface area is 342 Å². The Morgan fingerprint density at radius 2 is 0.780 bits per heavy atom. The van der Waals surface area contributed by atoms with Crippen molar-refractivity contribution in [2.75, 3.05) is 0 Å². The topological polar surface area (TPSA) is 0 Å². The number of rotatable bonds is 4.